The molecule has 0 radical (unpaired) electrons. The molecular formula is C18H29N5O4Sn. The summed E-state index contributed by atoms with van der Waals surface area (Å²) < 4.78 is 23.5. The van der Waals surface area contributed by atoms with Crippen molar-refractivity contribution in [2.75, 3.05) is 12.3 Å². The summed E-state index contributed by atoms with van der Waals surface area (Å²) in [4.78, 5) is 12.7. The predicted molar refractivity (Wildman–Crippen MR) is 106 cm³/mol. The van der Waals surface area contributed by atoms with Gasteiger partial charge < -0.3 is 0 Å². The van der Waals surface area contributed by atoms with Gasteiger partial charge in [0.2, 0.25) is 0 Å². The number of fused-ring (bicyclic) bond motifs is 2. The Hall–Kier alpha value is -1.01. The van der Waals surface area contributed by atoms with E-state index in [4.69, 9.17) is 16.6 Å². The molecule has 2 aromatic heterocycles. The van der Waals surface area contributed by atoms with Crippen LogP contribution in [0.3, 0.4) is 0 Å². The molecule has 1 unspecified atom stereocenters. The van der Waals surface area contributed by atoms with Crippen molar-refractivity contribution in [1.82, 2.24) is 19.5 Å². The van der Waals surface area contributed by atoms with E-state index in [9.17, 15) is 5.11 Å². The zero-order valence-electron chi connectivity index (χ0n) is 16.5. The van der Waals surface area contributed by atoms with Crippen molar-refractivity contribution in [3.8, 4) is 0 Å². The Labute approximate surface area is 169 Å². The first kappa shape index (κ1) is 20.3. The molecule has 2 aliphatic rings. The Morgan fingerprint density at radius 2 is 1.82 bits per heavy atom. The number of imidazole rings is 1. The predicted octanol–water partition coefficient (Wildman–Crippen LogP) is 2.12. The maximum atomic E-state index is 9.90. The Bertz CT molecular complexity index is 810. The van der Waals surface area contributed by atoms with E-state index in [1.165, 1.54) is 6.33 Å². The maximum absolute atomic E-state index is 9.90. The van der Waals surface area contributed by atoms with Gasteiger partial charge in [-0.05, 0) is 0 Å². The summed E-state index contributed by atoms with van der Waals surface area (Å²) in [5.41, 5.74) is 7.08. The first-order valence-electron chi connectivity index (χ1n) is 10.2. The van der Waals surface area contributed by atoms with Crippen molar-refractivity contribution in [2.24, 2.45) is 0 Å². The fraction of sp³-hybridized carbons (Fsp3) is 0.722. The molecule has 0 saturated carbocycles. The van der Waals surface area contributed by atoms with Crippen LogP contribution in [0.15, 0.2) is 12.7 Å². The van der Waals surface area contributed by atoms with Gasteiger partial charge in [0.25, 0.3) is 0 Å². The summed E-state index contributed by atoms with van der Waals surface area (Å²) in [6.07, 6.45) is 6.22. The molecule has 0 amide bonds. The van der Waals surface area contributed by atoms with E-state index in [1.807, 2.05) is 4.57 Å². The van der Waals surface area contributed by atoms with Crippen LogP contribution >= 0.6 is 0 Å². The van der Waals surface area contributed by atoms with Gasteiger partial charge in [-0.3, -0.25) is 0 Å². The van der Waals surface area contributed by atoms with E-state index in [0.717, 1.165) is 34.6 Å². The summed E-state index contributed by atoms with van der Waals surface area (Å²) in [5, 5.41) is 9.90. The molecule has 154 valence electrons. The van der Waals surface area contributed by atoms with E-state index in [2.05, 4.69) is 28.8 Å². The average molecular weight is 498 g/mol. The second kappa shape index (κ2) is 8.39. The van der Waals surface area contributed by atoms with Crippen LogP contribution in [0.1, 0.15) is 45.8 Å². The van der Waals surface area contributed by atoms with Gasteiger partial charge in [0.15, 0.2) is 0 Å². The fourth-order valence-corrected chi connectivity index (χ4v) is 15.9. The van der Waals surface area contributed by atoms with E-state index in [0.29, 0.717) is 17.0 Å². The number of unbranched alkanes of at least 4 members (excludes halogenated alkanes) is 2. The summed E-state index contributed by atoms with van der Waals surface area (Å²) in [6.45, 7) is 4.28. The van der Waals surface area contributed by atoms with E-state index < -0.39 is 31.5 Å². The molecule has 0 aliphatic carbocycles. The number of nitrogens with two attached hydrogens (primary N) is 1. The summed E-state index contributed by atoms with van der Waals surface area (Å²) >= 11 is -3.22. The second-order valence-electron chi connectivity index (χ2n) is 7.61. The summed E-state index contributed by atoms with van der Waals surface area (Å²) in [7, 11) is 0. The Morgan fingerprint density at radius 3 is 2.50 bits per heavy atom. The monoisotopic (exact) mass is 499 g/mol. The van der Waals surface area contributed by atoms with Crippen LogP contribution in [0, 0.1) is 0 Å². The van der Waals surface area contributed by atoms with E-state index in [-0.39, 0.29) is 18.8 Å². The Balaban J connectivity index is 1.66. The zero-order valence-corrected chi connectivity index (χ0v) is 19.3. The number of rotatable bonds is 8. The van der Waals surface area contributed by atoms with Gasteiger partial charge in [-0.15, -0.1) is 0 Å². The third-order valence-corrected chi connectivity index (χ3v) is 16.0. The Kier molecular flexibility index (Phi) is 6.07. The van der Waals surface area contributed by atoms with Crippen LogP contribution in [0.2, 0.25) is 8.87 Å². The van der Waals surface area contributed by atoms with E-state index in [1.54, 1.807) is 6.33 Å². The molecule has 3 N–H and O–H groups in total. The molecule has 10 heteroatoms. The molecule has 0 aromatic carbocycles. The molecule has 28 heavy (non-hydrogen) atoms. The molecule has 0 bridgehead atoms. The number of hydrogen-bond donors (Lipinski definition) is 2. The second-order valence-corrected chi connectivity index (χ2v) is 17.0. The topological polar surface area (TPSA) is 118 Å². The van der Waals surface area contributed by atoms with Gasteiger partial charge >= 0.3 is 170 Å². The average Bonchev–Trinajstić information content (AvgIpc) is 3.37. The third kappa shape index (κ3) is 3.51. The van der Waals surface area contributed by atoms with Gasteiger partial charge in [0.05, 0.1) is 0 Å². The van der Waals surface area contributed by atoms with Crippen molar-refractivity contribution in [1.29, 1.82) is 0 Å². The normalized spacial score (nSPS) is 28.8. The van der Waals surface area contributed by atoms with Crippen molar-refractivity contribution in [3.63, 3.8) is 0 Å². The number of anilines is 1. The van der Waals surface area contributed by atoms with Crippen LogP contribution < -0.4 is 5.73 Å². The third-order valence-electron chi connectivity index (χ3n) is 5.65. The number of nitrogen functional groups attached to an aromatic ring is 1. The zero-order chi connectivity index (χ0) is 19.7. The first-order chi connectivity index (χ1) is 13.6. The fourth-order valence-electron chi connectivity index (χ4n) is 4.18. The molecule has 0 spiro atoms. The van der Waals surface area contributed by atoms with E-state index >= 15 is 0 Å². The number of hydrogen-bond acceptors (Lipinski definition) is 8. The quantitative estimate of drug-likeness (QED) is 0.532. The van der Waals surface area contributed by atoms with Gasteiger partial charge in [-0.1, -0.05) is 0 Å². The standard InChI is InChI=1S/C10H11N5O4.2C4H9.Sn/c11-8-5-9(13-2-12-8)15(3-14-5)10-7(18)6(17)4(1-16)19-10;2*1-3-4-2;/h2-4,6-7,10,16H,1H2,(H2,11,12,13);2*1,3-4H2,2H3;/q-2;;;+2/t4-,6?,7+,10-;;;/m1.../s1. The minimum absolute atomic E-state index is 0.103. The molecule has 2 saturated heterocycles. The van der Waals surface area contributed by atoms with Gasteiger partial charge in [0, 0.05) is 0 Å². The summed E-state index contributed by atoms with van der Waals surface area (Å²) in [6, 6.07) is 0. The molecule has 2 aliphatic heterocycles. The number of ether oxygens (including phenoxy) is 1. The first-order valence-corrected chi connectivity index (χ1v) is 16.5. The van der Waals surface area contributed by atoms with Crippen molar-refractivity contribution in [3.05, 3.63) is 12.7 Å². The van der Waals surface area contributed by atoms with Crippen molar-refractivity contribution < 1.29 is 16.0 Å². The Morgan fingerprint density at radius 1 is 1.11 bits per heavy atom. The summed E-state index contributed by atoms with van der Waals surface area (Å²) in [5.74, 6) is 0.333. The minimum atomic E-state index is -3.22. The number of aliphatic hydroxyl groups excluding tert-OH is 1. The van der Waals surface area contributed by atoms with Crippen molar-refractivity contribution >= 4 is 36.2 Å². The van der Waals surface area contributed by atoms with Crippen LogP contribution in [0.4, 0.5) is 5.82 Å². The van der Waals surface area contributed by atoms with Crippen LogP contribution in [-0.4, -0.2) is 68.7 Å². The van der Waals surface area contributed by atoms with Crippen LogP contribution in [0.5, 0.6) is 0 Å². The molecule has 2 aromatic rings. The number of aromatic nitrogens is 4. The molecule has 4 rings (SSSR count). The van der Waals surface area contributed by atoms with Crippen molar-refractivity contribution in [2.45, 2.75) is 72.9 Å². The SMILES string of the molecule is CCC[CH2][Sn]1([CH2]CCC)[O]C2[C@@H](CO)O[C@@H](n3cnc4c(N)ncnc43)[C@H]2[O]1. The van der Waals surface area contributed by atoms with Crippen LogP contribution in [0.25, 0.3) is 11.2 Å². The molecule has 4 atom stereocenters. The molecule has 2 fully saturated rings. The molecule has 9 nitrogen and oxygen atoms in total. The molecular weight excluding hydrogens is 469 g/mol. The number of nitrogens with zero attached hydrogens (tertiary/aromatic N) is 4. The number of aliphatic hydroxyl groups is 1. The van der Waals surface area contributed by atoms with Gasteiger partial charge in [0.1, 0.15) is 0 Å². The van der Waals surface area contributed by atoms with Gasteiger partial charge in [-0.25, -0.2) is 0 Å². The van der Waals surface area contributed by atoms with Gasteiger partial charge in [-0.2, -0.15) is 0 Å². The van der Waals surface area contributed by atoms with Crippen LogP contribution in [-0.2, 0) is 10.9 Å². The molecule has 4 heterocycles.